The van der Waals surface area contributed by atoms with Crippen LogP contribution in [0.1, 0.15) is 34.4 Å². The monoisotopic (exact) mass is 396 g/mol. The summed E-state index contributed by atoms with van der Waals surface area (Å²) in [6.07, 6.45) is 6.75. The molecule has 2 aromatic carbocycles. The maximum absolute atomic E-state index is 13.8. The molecule has 0 aliphatic heterocycles. The quantitative estimate of drug-likeness (QED) is 0.653. The standard InChI is InChI=1S/C22H21FN2O2S/c23-20-8-4-3-7-17(20)12-19-13-24-22(28-19)25-21(26)14-27-18-10-9-15-5-1-2-6-16(15)11-18/h3-4,7-11,13H,1-2,5-6,12,14H2,(H,24,25,26). The zero-order chi connectivity index (χ0) is 19.3. The number of halogens is 1. The van der Waals surface area contributed by atoms with Crippen LogP contribution in [0.3, 0.4) is 0 Å². The minimum atomic E-state index is -0.260. The molecule has 0 unspecified atom stereocenters. The predicted molar refractivity (Wildman–Crippen MR) is 109 cm³/mol. The zero-order valence-corrected chi connectivity index (χ0v) is 16.2. The first kappa shape index (κ1) is 18.6. The third-order valence-corrected chi connectivity index (χ3v) is 5.73. The highest BCUT2D eigenvalue weighted by Gasteiger charge is 2.12. The Morgan fingerprint density at radius 3 is 2.82 bits per heavy atom. The van der Waals surface area contributed by atoms with Gasteiger partial charge in [-0.25, -0.2) is 9.37 Å². The summed E-state index contributed by atoms with van der Waals surface area (Å²) in [7, 11) is 0. The Bertz CT molecular complexity index is 986. The summed E-state index contributed by atoms with van der Waals surface area (Å²) >= 11 is 1.34. The number of rotatable bonds is 6. The lowest BCUT2D eigenvalue weighted by Gasteiger charge is -2.16. The number of hydrogen-bond acceptors (Lipinski definition) is 4. The Labute approximate surface area is 167 Å². The van der Waals surface area contributed by atoms with Crippen LogP contribution in [-0.2, 0) is 24.1 Å². The summed E-state index contributed by atoms with van der Waals surface area (Å²) in [4.78, 5) is 17.3. The van der Waals surface area contributed by atoms with Gasteiger partial charge in [0.15, 0.2) is 11.7 Å². The Hall–Kier alpha value is -2.73. The van der Waals surface area contributed by atoms with Crippen LogP contribution in [0.4, 0.5) is 9.52 Å². The molecule has 1 aromatic heterocycles. The van der Waals surface area contributed by atoms with Crippen LogP contribution in [0.25, 0.3) is 0 Å². The van der Waals surface area contributed by atoms with Gasteiger partial charge >= 0.3 is 0 Å². The minimum absolute atomic E-state index is 0.0684. The van der Waals surface area contributed by atoms with Gasteiger partial charge in [0, 0.05) is 17.5 Å². The van der Waals surface area contributed by atoms with Crippen molar-refractivity contribution in [2.75, 3.05) is 11.9 Å². The van der Waals surface area contributed by atoms with E-state index in [1.807, 2.05) is 12.1 Å². The summed E-state index contributed by atoms with van der Waals surface area (Å²) in [5, 5.41) is 3.24. The minimum Gasteiger partial charge on any atom is -0.484 e. The second-order valence-corrected chi connectivity index (χ2v) is 7.99. The summed E-state index contributed by atoms with van der Waals surface area (Å²) in [6, 6.07) is 12.7. The number of benzene rings is 2. The number of hydrogen-bond donors (Lipinski definition) is 1. The van der Waals surface area contributed by atoms with Crippen LogP contribution in [0, 0.1) is 5.82 Å². The maximum atomic E-state index is 13.8. The number of aromatic nitrogens is 1. The summed E-state index contributed by atoms with van der Waals surface area (Å²) < 4.78 is 19.4. The Balaban J connectivity index is 1.31. The van der Waals surface area contributed by atoms with E-state index in [0.717, 1.165) is 23.5 Å². The highest BCUT2D eigenvalue weighted by Crippen LogP contribution is 2.26. The molecule has 1 amide bonds. The molecule has 0 bridgehead atoms. The van der Waals surface area contributed by atoms with Crippen LogP contribution in [0.15, 0.2) is 48.7 Å². The molecule has 144 valence electrons. The molecule has 4 nitrogen and oxygen atoms in total. The van der Waals surface area contributed by atoms with E-state index in [2.05, 4.69) is 16.4 Å². The van der Waals surface area contributed by atoms with Crippen molar-refractivity contribution in [2.24, 2.45) is 0 Å². The van der Waals surface area contributed by atoms with Crippen molar-refractivity contribution < 1.29 is 13.9 Å². The number of carbonyl (C=O) groups excluding carboxylic acids is 1. The molecule has 0 saturated carbocycles. The lowest BCUT2D eigenvalue weighted by atomic mass is 9.92. The third kappa shape index (κ3) is 4.57. The maximum Gasteiger partial charge on any atom is 0.264 e. The van der Waals surface area contributed by atoms with Gasteiger partial charge in [0.25, 0.3) is 5.91 Å². The average Bonchev–Trinajstić information content (AvgIpc) is 3.15. The predicted octanol–water partition coefficient (Wildman–Crippen LogP) is 4.77. The van der Waals surface area contributed by atoms with Crippen molar-refractivity contribution in [1.82, 2.24) is 4.98 Å². The highest BCUT2D eigenvalue weighted by molar-refractivity contribution is 7.15. The second-order valence-electron chi connectivity index (χ2n) is 6.87. The van der Waals surface area contributed by atoms with E-state index in [1.54, 1.807) is 24.4 Å². The first-order chi connectivity index (χ1) is 13.7. The number of nitrogens with zero attached hydrogens (tertiary/aromatic N) is 1. The van der Waals surface area contributed by atoms with E-state index in [0.29, 0.717) is 17.1 Å². The molecule has 1 aliphatic carbocycles. The van der Waals surface area contributed by atoms with Crippen molar-refractivity contribution in [3.05, 3.63) is 76.0 Å². The molecule has 1 aliphatic rings. The van der Waals surface area contributed by atoms with Crippen molar-refractivity contribution >= 4 is 22.4 Å². The van der Waals surface area contributed by atoms with Gasteiger partial charge in [-0.05, 0) is 60.6 Å². The van der Waals surface area contributed by atoms with E-state index >= 15 is 0 Å². The number of aryl methyl sites for hydroxylation is 2. The van der Waals surface area contributed by atoms with Gasteiger partial charge in [0.1, 0.15) is 11.6 Å². The van der Waals surface area contributed by atoms with Gasteiger partial charge < -0.3 is 4.74 Å². The molecule has 3 aromatic rings. The van der Waals surface area contributed by atoms with Crippen molar-refractivity contribution in [3.63, 3.8) is 0 Å². The van der Waals surface area contributed by atoms with Gasteiger partial charge in [-0.15, -0.1) is 11.3 Å². The lowest BCUT2D eigenvalue weighted by molar-refractivity contribution is -0.118. The first-order valence-corrected chi connectivity index (χ1v) is 10.2. The van der Waals surface area contributed by atoms with Gasteiger partial charge in [-0.2, -0.15) is 0 Å². The molecule has 0 spiro atoms. The molecule has 6 heteroatoms. The third-order valence-electron chi connectivity index (χ3n) is 4.81. The van der Waals surface area contributed by atoms with E-state index < -0.39 is 0 Å². The van der Waals surface area contributed by atoms with Gasteiger partial charge in [-0.3, -0.25) is 10.1 Å². The van der Waals surface area contributed by atoms with E-state index in [-0.39, 0.29) is 18.3 Å². The second kappa shape index (κ2) is 8.52. The molecule has 1 heterocycles. The lowest BCUT2D eigenvalue weighted by Crippen LogP contribution is -2.20. The summed E-state index contributed by atoms with van der Waals surface area (Å²) in [6.45, 7) is -0.0684. The van der Waals surface area contributed by atoms with E-state index in [4.69, 9.17) is 4.74 Å². The van der Waals surface area contributed by atoms with Crippen LogP contribution in [0.5, 0.6) is 5.75 Å². The van der Waals surface area contributed by atoms with Crippen LogP contribution >= 0.6 is 11.3 Å². The number of nitrogens with one attached hydrogen (secondary N) is 1. The topological polar surface area (TPSA) is 51.2 Å². The molecule has 1 N–H and O–H groups in total. The number of thiazole rings is 1. The Morgan fingerprint density at radius 2 is 1.96 bits per heavy atom. The molecule has 4 rings (SSSR count). The number of amides is 1. The molecule has 0 fully saturated rings. The smallest absolute Gasteiger partial charge is 0.264 e. The summed E-state index contributed by atoms with van der Waals surface area (Å²) in [5.74, 6) is 0.222. The molecule has 28 heavy (non-hydrogen) atoms. The normalized spacial score (nSPS) is 13.0. The molecule has 0 atom stereocenters. The number of ether oxygens (including phenoxy) is 1. The fourth-order valence-electron chi connectivity index (χ4n) is 3.38. The van der Waals surface area contributed by atoms with Gasteiger partial charge in [0.2, 0.25) is 0 Å². The van der Waals surface area contributed by atoms with E-state index in [1.165, 1.54) is 41.4 Å². The van der Waals surface area contributed by atoms with Crippen molar-refractivity contribution in [1.29, 1.82) is 0 Å². The van der Waals surface area contributed by atoms with Crippen molar-refractivity contribution in [3.8, 4) is 5.75 Å². The first-order valence-electron chi connectivity index (χ1n) is 9.40. The fraction of sp³-hybridized carbons (Fsp3) is 0.273. The molecule has 0 saturated heterocycles. The zero-order valence-electron chi connectivity index (χ0n) is 15.4. The van der Waals surface area contributed by atoms with Crippen LogP contribution in [-0.4, -0.2) is 17.5 Å². The van der Waals surface area contributed by atoms with E-state index in [9.17, 15) is 9.18 Å². The Kier molecular flexibility index (Phi) is 5.67. The Morgan fingerprint density at radius 1 is 1.14 bits per heavy atom. The van der Waals surface area contributed by atoms with Crippen LogP contribution in [0.2, 0.25) is 0 Å². The SMILES string of the molecule is O=C(COc1ccc2c(c1)CCCC2)Nc1ncc(Cc2ccccc2F)s1. The number of anilines is 1. The molecular formula is C22H21FN2O2S. The van der Waals surface area contributed by atoms with Crippen molar-refractivity contribution in [2.45, 2.75) is 32.1 Å². The largest absolute Gasteiger partial charge is 0.484 e. The number of fused-ring (bicyclic) bond motifs is 1. The summed E-state index contributed by atoms with van der Waals surface area (Å²) in [5.41, 5.74) is 3.31. The highest BCUT2D eigenvalue weighted by atomic mass is 32.1. The average molecular weight is 396 g/mol. The van der Waals surface area contributed by atoms with Crippen LogP contribution < -0.4 is 10.1 Å². The van der Waals surface area contributed by atoms with Gasteiger partial charge in [0.05, 0.1) is 0 Å². The fourth-order valence-corrected chi connectivity index (χ4v) is 4.23. The molecule has 0 radical (unpaired) electrons. The molecular weight excluding hydrogens is 375 g/mol. The number of carbonyl (C=O) groups is 1. The van der Waals surface area contributed by atoms with Gasteiger partial charge in [-0.1, -0.05) is 24.3 Å².